The maximum absolute atomic E-state index is 13.3. The Morgan fingerprint density at radius 2 is 1.59 bits per heavy atom. The van der Waals surface area contributed by atoms with Gasteiger partial charge >= 0.3 is 0 Å². The van der Waals surface area contributed by atoms with Crippen molar-refractivity contribution >= 4 is 27.5 Å². The van der Waals surface area contributed by atoms with Crippen molar-refractivity contribution in [1.29, 1.82) is 0 Å². The molecule has 0 N–H and O–H groups in total. The van der Waals surface area contributed by atoms with Crippen LogP contribution in [0, 0.1) is 6.92 Å². The van der Waals surface area contributed by atoms with Gasteiger partial charge in [-0.25, -0.2) is 0 Å². The molecule has 0 atom stereocenters. The summed E-state index contributed by atoms with van der Waals surface area (Å²) in [5.41, 5.74) is 2.42. The number of carbonyl (C=O) groups is 1. The molecule has 0 radical (unpaired) electrons. The minimum absolute atomic E-state index is 0.0432. The smallest absolute Gasteiger partial charge is 0.235 e. The molecule has 0 saturated carbocycles. The van der Waals surface area contributed by atoms with E-state index in [2.05, 4.69) is 0 Å². The Balaban J connectivity index is 1.53. The van der Waals surface area contributed by atoms with Gasteiger partial charge < -0.3 is 9.15 Å². The first-order valence-electron chi connectivity index (χ1n) is 10.4. The van der Waals surface area contributed by atoms with E-state index in [0.29, 0.717) is 27.9 Å². The molecule has 32 heavy (non-hydrogen) atoms. The summed E-state index contributed by atoms with van der Waals surface area (Å²) in [6.45, 7) is 1.68. The standard InChI is InChI=1S/C28H20O4/c1-18-11-14-23-25(15-18)32-27(20-8-3-2-4-9-20)28(26(23)30)31-17-24(29)22-13-12-19-7-5-6-10-21(19)16-22/h2-16H,17H2,1H3. The van der Waals surface area contributed by atoms with Gasteiger partial charge in [-0.3, -0.25) is 9.59 Å². The van der Waals surface area contributed by atoms with Crippen LogP contribution in [0.15, 0.2) is 100 Å². The Morgan fingerprint density at radius 1 is 0.844 bits per heavy atom. The van der Waals surface area contributed by atoms with Gasteiger partial charge in [-0.05, 0) is 41.5 Å². The second kappa shape index (κ2) is 8.16. The van der Waals surface area contributed by atoms with Crippen LogP contribution in [0.5, 0.6) is 5.75 Å². The van der Waals surface area contributed by atoms with Crippen molar-refractivity contribution in [3.63, 3.8) is 0 Å². The Bertz CT molecular complexity index is 1510. The van der Waals surface area contributed by atoms with Gasteiger partial charge in [-0.2, -0.15) is 0 Å². The number of fused-ring (bicyclic) bond motifs is 2. The monoisotopic (exact) mass is 420 g/mol. The predicted molar refractivity (Wildman–Crippen MR) is 126 cm³/mol. The van der Waals surface area contributed by atoms with Crippen molar-refractivity contribution in [1.82, 2.24) is 0 Å². The van der Waals surface area contributed by atoms with Gasteiger partial charge in [0.2, 0.25) is 11.2 Å². The summed E-state index contributed by atoms with van der Waals surface area (Å²) in [6.07, 6.45) is 0. The van der Waals surface area contributed by atoms with E-state index >= 15 is 0 Å². The lowest BCUT2D eigenvalue weighted by molar-refractivity contribution is 0.0920. The quantitative estimate of drug-likeness (QED) is 0.319. The van der Waals surface area contributed by atoms with Crippen LogP contribution in [0.4, 0.5) is 0 Å². The number of hydrogen-bond acceptors (Lipinski definition) is 4. The molecule has 0 unspecified atom stereocenters. The molecule has 0 spiro atoms. The maximum Gasteiger partial charge on any atom is 0.235 e. The van der Waals surface area contributed by atoms with Crippen molar-refractivity contribution in [3.05, 3.63) is 112 Å². The van der Waals surface area contributed by atoms with Gasteiger partial charge in [-0.15, -0.1) is 0 Å². The fourth-order valence-electron chi connectivity index (χ4n) is 3.78. The van der Waals surface area contributed by atoms with Crippen LogP contribution in [-0.2, 0) is 0 Å². The second-order valence-corrected chi connectivity index (χ2v) is 7.73. The van der Waals surface area contributed by atoms with Gasteiger partial charge in [-0.1, -0.05) is 72.8 Å². The molecule has 4 nitrogen and oxygen atoms in total. The van der Waals surface area contributed by atoms with E-state index in [4.69, 9.17) is 9.15 Å². The molecule has 156 valence electrons. The molecular formula is C28H20O4. The fraction of sp³-hybridized carbons (Fsp3) is 0.0714. The van der Waals surface area contributed by atoms with Crippen LogP contribution < -0.4 is 10.2 Å². The minimum Gasteiger partial charge on any atom is -0.478 e. The highest BCUT2D eigenvalue weighted by molar-refractivity contribution is 6.01. The van der Waals surface area contributed by atoms with Gasteiger partial charge in [0.25, 0.3) is 0 Å². The first-order chi connectivity index (χ1) is 15.6. The van der Waals surface area contributed by atoms with Crippen LogP contribution in [0.1, 0.15) is 15.9 Å². The zero-order valence-electron chi connectivity index (χ0n) is 17.5. The summed E-state index contributed by atoms with van der Waals surface area (Å²) in [6, 6.07) is 28.1. The SMILES string of the molecule is Cc1ccc2c(=O)c(OCC(=O)c3ccc4ccccc4c3)c(-c3ccccc3)oc2c1. The van der Waals surface area contributed by atoms with Crippen molar-refractivity contribution in [2.75, 3.05) is 6.61 Å². The molecule has 5 rings (SSSR count). The zero-order valence-corrected chi connectivity index (χ0v) is 17.5. The fourth-order valence-corrected chi connectivity index (χ4v) is 3.78. The molecule has 4 heteroatoms. The Hall–Kier alpha value is -4.18. The first-order valence-corrected chi connectivity index (χ1v) is 10.4. The maximum atomic E-state index is 13.3. The lowest BCUT2D eigenvalue weighted by atomic mass is 10.0. The average Bonchev–Trinajstić information content (AvgIpc) is 2.83. The summed E-state index contributed by atoms with van der Waals surface area (Å²) < 4.78 is 11.9. The topological polar surface area (TPSA) is 56.5 Å². The number of rotatable bonds is 5. The Morgan fingerprint density at radius 3 is 2.41 bits per heavy atom. The third-order valence-corrected chi connectivity index (χ3v) is 5.46. The molecule has 0 aliphatic rings. The van der Waals surface area contributed by atoms with Crippen molar-refractivity contribution in [2.24, 2.45) is 0 Å². The van der Waals surface area contributed by atoms with Gasteiger partial charge in [0.05, 0.1) is 5.39 Å². The lowest BCUT2D eigenvalue weighted by Crippen LogP contribution is -2.17. The highest BCUT2D eigenvalue weighted by Crippen LogP contribution is 2.31. The van der Waals surface area contributed by atoms with Crippen molar-refractivity contribution in [3.8, 4) is 17.1 Å². The Labute approximate surface area is 184 Å². The normalized spacial score (nSPS) is 11.0. The highest BCUT2D eigenvalue weighted by Gasteiger charge is 2.19. The van der Waals surface area contributed by atoms with E-state index in [9.17, 15) is 9.59 Å². The number of hydrogen-bond donors (Lipinski definition) is 0. The number of Topliss-reactive ketones (excluding diaryl/α,β-unsaturated/α-hetero) is 1. The van der Waals surface area contributed by atoms with E-state index in [-0.39, 0.29) is 23.6 Å². The van der Waals surface area contributed by atoms with Gasteiger partial charge in [0, 0.05) is 11.1 Å². The number of ether oxygens (including phenoxy) is 1. The zero-order chi connectivity index (χ0) is 22.1. The van der Waals surface area contributed by atoms with Crippen LogP contribution >= 0.6 is 0 Å². The first kappa shape index (κ1) is 19.8. The van der Waals surface area contributed by atoms with Crippen LogP contribution in [0.2, 0.25) is 0 Å². The van der Waals surface area contributed by atoms with Crippen LogP contribution in [0.25, 0.3) is 33.1 Å². The third kappa shape index (κ3) is 3.67. The molecule has 0 bridgehead atoms. The highest BCUT2D eigenvalue weighted by atomic mass is 16.5. The van der Waals surface area contributed by atoms with Gasteiger partial charge in [0.1, 0.15) is 5.58 Å². The van der Waals surface area contributed by atoms with Crippen LogP contribution in [-0.4, -0.2) is 12.4 Å². The second-order valence-electron chi connectivity index (χ2n) is 7.73. The molecule has 5 aromatic rings. The molecular weight excluding hydrogens is 400 g/mol. The molecule has 1 aromatic heterocycles. The molecule has 1 heterocycles. The lowest BCUT2D eigenvalue weighted by Gasteiger charge is -2.12. The number of ketones is 1. The summed E-state index contributed by atoms with van der Waals surface area (Å²) in [7, 11) is 0. The van der Waals surface area contributed by atoms with Gasteiger partial charge in [0.15, 0.2) is 18.2 Å². The largest absolute Gasteiger partial charge is 0.478 e. The molecule has 0 saturated heterocycles. The summed E-state index contributed by atoms with van der Waals surface area (Å²) in [4.78, 5) is 26.1. The van der Waals surface area contributed by atoms with E-state index < -0.39 is 0 Å². The number of aryl methyl sites for hydroxylation is 1. The van der Waals surface area contributed by atoms with Crippen LogP contribution in [0.3, 0.4) is 0 Å². The van der Waals surface area contributed by atoms with Crippen molar-refractivity contribution in [2.45, 2.75) is 6.92 Å². The third-order valence-electron chi connectivity index (χ3n) is 5.46. The summed E-state index contributed by atoms with van der Waals surface area (Å²) >= 11 is 0. The minimum atomic E-state index is -0.295. The summed E-state index contributed by atoms with van der Waals surface area (Å²) in [5.74, 6) is 0.153. The molecule has 0 fully saturated rings. The number of benzene rings is 4. The Kier molecular flexibility index (Phi) is 5.04. The molecule has 0 aliphatic carbocycles. The number of carbonyl (C=O) groups excluding carboxylic acids is 1. The molecule has 4 aromatic carbocycles. The molecule has 0 aliphatic heterocycles. The predicted octanol–water partition coefficient (Wildman–Crippen LogP) is 6.18. The van der Waals surface area contributed by atoms with E-state index in [0.717, 1.165) is 16.3 Å². The van der Waals surface area contributed by atoms with E-state index in [1.165, 1.54) is 0 Å². The molecule has 0 amide bonds. The average molecular weight is 420 g/mol. The summed E-state index contributed by atoms with van der Waals surface area (Å²) in [5, 5.41) is 2.45. The van der Waals surface area contributed by atoms with E-state index in [1.54, 1.807) is 12.1 Å². The van der Waals surface area contributed by atoms with Crippen molar-refractivity contribution < 1.29 is 13.9 Å². The van der Waals surface area contributed by atoms with E-state index in [1.807, 2.05) is 85.8 Å².